The van der Waals surface area contributed by atoms with Crippen LogP contribution in [0.15, 0.2) is 54.6 Å². The summed E-state index contributed by atoms with van der Waals surface area (Å²) in [6.45, 7) is 20.0. The summed E-state index contributed by atoms with van der Waals surface area (Å²) in [6, 6.07) is 19.7. The molecule has 0 atom stereocenters. The Morgan fingerprint density at radius 2 is 0.833 bits per heavy atom. The van der Waals surface area contributed by atoms with E-state index >= 15 is 0 Å². The largest absolute Gasteiger partial charge is 0.324 e. The summed E-state index contributed by atoms with van der Waals surface area (Å²) >= 11 is 0. The van der Waals surface area contributed by atoms with Crippen LogP contribution in [0.25, 0.3) is 66.9 Å². The molecule has 3 aromatic carbocycles. The first kappa shape index (κ1) is 30.4. The van der Waals surface area contributed by atoms with Gasteiger partial charge in [-0.05, 0) is 51.1 Å². The molecule has 0 spiro atoms. The highest BCUT2D eigenvalue weighted by Gasteiger charge is 2.25. The molecule has 2 aliphatic rings. The molecule has 3 aromatic heterocycles. The van der Waals surface area contributed by atoms with Gasteiger partial charge >= 0.3 is 0 Å². The van der Waals surface area contributed by atoms with Crippen LogP contribution in [0.4, 0.5) is 0 Å². The maximum atomic E-state index is 5.23. The van der Waals surface area contributed by atoms with E-state index in [9.17, 15) is 0 Å². The molecule has 0 radical (unpaired) electrons. The van der Waals surface area contributed by atoms with Crippen molar-refractivity contribution in [3.8, 4) is 22.8 Å². The molecule has 48 heavy (non-hydrogen) atoms. The predicted molar refractivity (Wildman–Crippen MR) is 195 cm³/mol. The molecule has 0 fully saturated rings. The molecule has 8 rings (SSSR count). The van der Waals surface area contributed by atoms with Gasteiger partial charge in [0.05, 0.1) is 0 Å². The Bertz CT molecular complexity index is 2460. The van der Waals surface area contributed by atoms with Crippen molar-refractivity contribution in [3.63, 3.8) is 0 Å². The Balaban J connectivity index is 1.53. The Hall–Kier alpha value is -4.98. The first-order chi connectivity index (χ1) is 22.6. The van der Waals surface area contributed by atoms with Gasteiger partial charge in [0.2, 0.25) is 0 Å². The number of benzene rings is 3. The van der Waals surface area contributed by atoms with E-state index in [2.05, 4.69) is 127 Å². The van der Waals surface area contributed by atoms with Gasteiger partial charge in [-0.15, -0.1) is 0 Å². The van der Waals surface area contributed by atoms with Crippen molar-refractivity contribution in [1.29, 1.82) is 0 Å². The van der Waals surface area contributed by atoms with Gasteiger partial charge in [-0.3, -0.25) is 0 Å². The summed E-state index contributed by atoms with van der Waals surface area (Å²) < 4.78 is 0. The van der Waals surface area contributed by atoms with E-state index in [1.807, 2.05) is 0 Å². The number of nitrogens with one attached hydrogen (secondary N) is 2. The number of hydrogen-bond acceptors (Lipinski definition) is 6. The molecule has 0 saturated carbocycles. The zero-order valence-electron chi connectivity index (χ0n) is 29.3. The quantitative estimate of drug-likeness (QED) is 0.172. The predicted octanol–water partition coefficient (Wildman–Crippen LogP) is 9.21. The van der Waals surface area contributed by atoms with Gasteiger partial charge in [0.1, 0.15) is 34.2 Å². The zero-order chi connectivity index (χ0) is 33.7. The van der Waals surface area contributed by atoms with Crippen LogP contribution >= 0.6 is 0 Å². The van der Waals surface area contributed by atoms with E-state index in [1.54, 1.807) is 0 Å². The maximum Gasteiger partial charge on any atom is 0.164 e. The van der Waals surface area contributed by atoms with Gasteiger partial charge < -0.3 is 9.97 Å². The van der Waals surface area contributed by atoms with Crippen LogP contribution in [-0.2, 0) is 29.1 Å². The van der Waals surface area contributed by atoms with Crippen molar-refractivity contribution in [2.24, 2.45) is 0 Å². The van der Waals surface area contributed by atoms with Crippen molar-refractivity contribution in [2.75, 3.05) is 0 Å². The fourth-order valence-electron chi connectivity index (χ4n) is 6.57. The van der Waals surface area contributed by atoms with E-state index in [0.29, 0.717) is 24.5 Å². The molecule has 242 valence electrons. The minimum absolute atomic E-state index is 0.0195. The van der Waals surface area contributed by atoms with Crippen LogP contribution in [0.3, 0.4) is 0 Å². The van der Waals surface area contributed by atoms with E-state index in [0.717, 1.165) is 66.9 Å². The topological polar surface area (TPSA) is 109 Å². The zero-order valence-corrected chi connectivity index (χ0v) is 29.3. The first-order valence-corrected chi connectivity index (χ1v) is 16.9. The number of aryl methyl sites for hydroxylation is 2. The SMILES string of the molecule is CC(C)(C)c1ccc2c(c1)-c1nc-2nc2[nH]c(nc3nc(nc4[nH]c(n1)c1ccc(C(C)(C)C)cc41)CC3)c1ccc(C(C)(C)C)cc21. The number of aromatic nitrogens is 8. The summed E-state index contributed by atoms with van der Waals surface area (Å²) in [6.07, 6.45) is 1.42. The molecule has 0 amide bonds. The molecule has 8 heteroatoms. The molecule has 2 aliphatic heterocycles. The Morgan fingerprint density at radius 1 is 0.417 bits per heavy atom. The standard InChI is InChI=1S/C40H42N8/c1-38(2,3)21-11-14-25-27(18-21)35-43-31-17-16-30(41-31)42-32-24-13-10-22(39(4,5)6)19-28(24)36(44-32)47-34-26-15-12-23(40(7,8)9)20-29(26)37(48-34)46-33(25)45-35/h10-15,18-20H,16-17H2,1-9H3,(H2,41,42,43,44,45,46,47,48). The smallest absolute Gasteiger partial charge is 0.164 e. The molecule has 0 aliphatic carbocycles. The van der Waals surface area contributed by atoms with Gasteiger partial charge in [-0.1, -0.05) is 98.7 Å². The second-order valence-electron chi connectivity index (χ2n) is 16.3. The second kappa shape index (κ2) is 10.3. The summed E-state index contributed by atoms with van der Waals surface area (Å²) in [4.78, 5) is 37.7. The fraction of sp³-hybridized carbons (Fsp3) is 0.350. The van der Waals surface area contributed by atoms with Crippen molar-refractivity contribution in [2.45, 2.75) is 91.4 Å². The highest BCUT2D eigenvalue weighted by atomic mass is 15.1. The molecule has 8 nitrogen and oxygen atoms in total. The van der Waals surface area contributed by atoms with Crippen LogP contribution in [0.2, 0.25) is 0 Å². The minimum atomic E-state index is -0.0447. The molecular weight excluding hydrogens is 592 g/mol. The van der Waals surface area contributed by atoms with Crippen molar-refractivity contribution >= 4 is 44.1 Å². The summed E-state index contributed by atoms with van der Waals surface area (Å²) in [5.74, 6) is 2.75. The molecule has 2 N–H and O–H groups in total. The Labute approximate surface area is 280 Å². The molecule has 5 heterocycles. The lowest BCUT2D eigenvalue weighted by Crippen LogP contribution is -2.10. The van der Waals surface area contributed by atoms with Crippen molar-refractivity contribution in [1.82, 2.24) is 39.9 Å². The normalized spacial score (nSPS) is 13.8. The number of nitrogens with zero attached hydrogens (tertiary/aromatic N) is 6. The van der Waals surface area contributed by atoms with Crippen LogP contribution in [0, 0.1) is 0 Å². The third-order valence-corrected chi connectivity index (χ3v) is 9.59. The van der Waals surface area contributed by atoms with Crippen molar-refractivity contribution in [3.05, 3.63) is 82.9 Å². The van der Waals surface area contributed by atoms with Crippen LogP contribution < -0.4 is 0 Å². The third kappa shape index (κ3) is 5.14. The van der Waals surface area contributed by atoms with E-state index in [4.69, 9.17) is 29.9 Å². The molecule has 0 unspecified atom stereocenters. The molecule has 6 aromatic rings. The average Bonchev–Trinajstić information content (AvgIpc) is 3.77. The summed E-state index contributed by atoms with van der Waals surface area (Å²) in [7, 11) is 0. The van der Waals surface area contributed by atoms with Crippen LogP contribution in [0.5, 0.6) is 0 Å². The highest BCUT2D eigenvalue weighted by molar-refractivity contribution is 6.06. The highest BCUT2D eigenvalue weighted by Crippen LogP contribution is 2.38. The summed E-state index contributed by atoms with van der Waals surface area (Å²) in [5, 5.41) is 4.02. The second-order valence-corrected chi connectivity index (χ2v) is 16.3. The lowest BCUT2D eigenvalue weighted by Gasteiger charge is -2.19. The van der Waals surface area contributed by atoms with Crippen LogP contribution in [-0.4, -0.2) is 39.9 Å². The Morgan fingerprint density at radius 3 is 1.35 bits per heavy atom. The van der Waals surface area contributed by atoms with Gasteiger partial charge in [-0.2, -0.15) is 0 Å². The average molecular weight is 635 g/mol. The Kier molecular flexibility index (Phi) is 6.49. The number of aromatic amines is 2. The van der Waals surface area contributed by atoms with Crippen molar-refractivity contribution < 1.29 is 0 Å². The maximum absolute atomic E-state index is 5.23. The number of H-pyrrole nitrogens is 2. The first-order valence-electron chi connectivity index (χ1n) is 16.9. The number of fused-ring (bicyclic) bond motifs is 17. The van der Waals surface area contributed by atoms with Crippen LogP contribution in [0.1, 0.15) is 90.7 Å². The van der Waals surface area contributed by atoms with Gasteiger partial charge in [0, 0.05) is 45.5 Å². The fourth-order valence-corrected chi connectivity index (χ4v) is 6.57. The van der Waals surface area contributed by atoms with Gasteiger partial charge in [0.25, 0.3) is 0 Å². The molecule has 8 bridgehead atoms. The van der Waals surface area contributed by atoms with Gasteiger partial charge in [-0.25, -0.2) is 29.9 Å². The van der Waals surface area contributed by atoms with E-state index < -0.39 is 0 Å². The summed E-state index contributed by atoms with van der Waals surface area (Å²) in [5.41, 5.74) is 8.44. The third-order valence-electron chi connectivity index (χ3n) is 9.59. The molecular formula is C40H42N8. The number of rotatable bonds is 0. The molecule has 0 saturated heterocycles. The number of hydrogen-bond donors (Lipinski definition) is 2. The van der Waals surface area contributed by atoms with E-state index in [1.165, 1.54) is 16.7 Å². The van der Waals surface area contributed by atoms with Gasteiger partial charge in [0.15, 0.2) is 11.6 Å². The lowest BCUT2D eigenvalue weighted by molar-refractivity contribution is 0.590. The monoisotopic (exact) mass is 634 g/mol. The van der Waals surface area contributed by atoms with E-state index in [-0.39, 0.29) is 16.2 Å². The lowest BCUT2D eigenvalue weighted by atomic mass is 9.85. The minimum Gasteiger partial charge on any atom is -0.324 e.